The minimum absolute atomic E-state index is 0.271. The second kappa shape index (κ2) is 4.64. The third kappa shape index (κ3) is 2.17. The molecule has 7 heteroatoms. The van der Waals surface area contributed by atoms with Crippen molar-refractivity contribution in [2.45, 2.75) is 36.9 Å². The van der Waals surface area contributed by atoms with Crippen molar-refractivity contribution in [1.82, 2.24) is 4.31 Å². The van der Waals surface area contributed by atoms with Gasteiger partial charge < -0.3 is 5.11 Å². The Morgan fingerprint density at radius 3 is 2.67 bits per heavy atom. The van der Waals surface area contributed by atoms with E-state index in [9.17, 15) is 13.2 Å². The number of hydrogen-bond acceptors (Lipinski definition) is 4. The van der Waals surface area contributed by atoms with Crippen LogP contribution in [-0.4, -0.2) is 36.4 Å². The van der Waals surface area contributed by atoms with Crippen LogP contribution >= 0.6 is 11.3 Å². The number of aliphatic carboxylic acids is 1. The van der Waals surface area contributed by atoms with Crippen molar-refractivity contribution >= 4 is 27.3 Å². The van der Waals surface area contributed by atoms with Gasteiger partial charge in [-0.1, -0.05) is 0 Å². The molecule has 100 valence electrons. The number of nitrogens with zero attached hydrogens (tertiary/aromatic N) is 1. The largest absolute Gasteiger partial charge is 0.480 e. The van der Waals surface area contributed by atoms with E-state index in [1.54, 1.807) is 6.92 Å². The van der Waals surface area contributed by atoms with E-state index in [0.717, 1.165) is 9.18 Å². The first-order valence-corrected chi connectivity index (χ1v) is 7.91. The zero-order chi connectivity index (χ0) is 13.5. The van der Waals surface area contributed by atoms with Crippen LogP contribution in [0.5, 0.6) is 0 Å². The lowest BCUT2D eigenvalue weighted by molar-refractivity contribution is -0.140. The summed E-state index contributed by atoms with van der Waals surface area (Å²) in [5, 5.41) is 9.07. The number of sulfonamides is 1. The molecule has 0 aliphatic carbocycles. The Morgan fingerprint density at radius 1 is 1.50 bits per heavy atom. The molecular formula is C11H15NO4S2. The summed E-state index contributed by atoms with van der Waals surface area (Å²) in [6, 6.07) is 0.889. The van der Waals surface area contributed by atoms with Gasteiger partial charge in [0.2, 0.25) is 0 Å². The third-order valence-corrected chi connectivity index (χ3v) is 6.70. The fourth-order valence-electron chi connectivity index (χ4n) is 2.26. The topological polar surface area (TPSA) is 74.7 Å². The highest BCUT2D eigenvalue weighted by atomic mass is 32.2. The molecule has 1 aliphatic rings. The number of carbonyl (C=O) groups is 1. The molecule has 0 spiro atoms. The smallest absolute Gasteiger partial charge is 0.322 e. The first-order chi connectivity index (χ1) is 8.34. The van der Waals surface area contributed by atoms with Gasteiger partial charge in [0, 0.05) is 11.4 Å². The SMILES string of the molecule is Cc1cc(C)c(S(=O)(=O)N2CCC[C@@H]2C(=O)O)s1. The zero-order valence-corrected chi connectivity index (χ0v) is 11.8. The molecule has 0 radical (unpaired) electrons. The highest BCUT2D eigenvalue weighted by Gasteiger charge is 2.40. The monoisotopic (exact) mass is 289 g/mol. The molecule has 2 heterocycles. The zero-order valence-electron chi connectivity index (χ0n) is 10.2. The van der Waals surface area contributed by atoms with E-state index in [0.29, 0.717) is 18.4 Å². The fourth-order valence-corrected chi connectivity index (χ4v) is 5.69. The fraction of sp³-hybridized carbons (Fsp3) is 0.545. The van der Waals surface area contributed by atoms with Crippen molar-refractivity contribution in [3.05, 3.63) is 16.5 Å². The molecule has 5 nitrogen and oxygen atoms in total. The Kier molecular flexibility index (Phi) is 3.48. The van der Waals surface area contributed by atoms with Crippen LogP contribution in [0.2, 0.25) is 0 Å². The van der Waals surface area contributed by atoms with Gasteiger partial charge in [-0.05, 0) is 38.3 Å². The van der Waals surface area contributed by atoms with Crippen LogP contribution in [0.15, 0.2) is 10.3 Å². The van der Waals surface area contributed by atoms with Crippen LogP contribution in [0.25, 0.3) is 0 Å². The normalized spacial score (nSPS) is 21.3. The average molecular weight is 289 g/mol. The van der Waals surface area contributed by atoms with E-state index in [2.05, 4.69) is 0 Å². The van der Waals surface area contributed by atoms with E-state index >= 15 is 0 Å². The molecule has 0 unspecified atom stereocenters. The second-order valence-corrected chi connectivity index (χ2v) is 7.78. The molecule has 18 heavy (non-hydrogen) atoms. The van der Waals surface area contributed by atoms with Gasteiger partial charge in [0.25, 0.3) is 10.0 Å². The summed E-state index contributed by atoms with van der Waals surface area (Å²) >= 11 is 1.20. The van der Waals surface area contributed by atoms with Gasteiger partial charge in [-0.25, -0.2) is 8.42 Å². The van der Waals surface area contributed by atoms with Crippen LogP contribution < -0.4 is 0 Å². The van der Waals surface area contributed by atoms with Gasteiger partial charge in [-0.2, -0.15) is 4.31 Å². The van der Waals surface area contributed by atoms with Gasteiger partial charge in [0.05, 0.1) is 0 Å². The van der Waals surface area contributed by atoms with Crippen molar-refractivity contribution < 1.29 is 18.3 Å². The molecule has 1 N–H and O–H groups in total. The predicted octanol–water partition coefficient (Wildman–Crippen LogP) is 1.60. The second-order valence-electron chi connectivity index (χ2n) is 4.44. The van der Waals surface area contributed by atoms with Crippen LogP contribution in [0, 0.1) is 13.8 Å². The molecule has 1 aromatic rings. The Balaban J connectivity index is 2.43. The number of carboxylic acid groups (broad SMARTS) is 1. The van der Waals surface area contributed by atoms with Crippen molar-refractivity contribution in [1.29, 1.82) is 0 Å². The van der Waals surface area contributed by atoms with Crippen LogP contribution in [0.4, 0.5) is 0 Å². The van der Waals surface area contributed by atoms with Crippen LogP contribution in [-0.2, 0) is 14.8 Å². The van der Waals surface area contributed by atoms with Gasteiger partial charge in [-0.15, -0.1) is 11.3 Å². The van der Waals surface area contributed by atoms with E-state index in [4.69, 9.17) is 5.11 Å². The maximum absolute atomic E-state index is 12.5. The summed E-state index contributed by atoms with van der Waals surface area (Å²) in [6.45, 7) is 3.87. The summed E-state index contributed by atoms with van der Waals surface area (Å²) < 4.78 is 26.3. The molecule has 1 aromatic heterocycles. The van der Waals surface area contributed by atoms with E-state index in [1.807, 2.05) is 13.0 Å². The third-order valence-electron chi connectivity index (χ3n) is 3.03. The molecule has 1 aliphatic heterocycles. The summed E-state index contributed by atoms with van der Waals surface area (Å²) in [5.74, 6) is -1.07. The van der Waals surface area contributed by atoms with Crippen LogP contribution in [0.3, 0.4) is 0 Å². The van der Waals surface area contributed by atoms with Crippen molar-refractivity contribution in [2.75, 3.05) is 6.54 Å². The number of thiophene rings is 1. The van der Waals surface area contributed by atoms with Crippen LogP contribution in [0.1, 0.15) is 23.3 Å². The molecule has 0 amide bonds. The van der Waals surface area contributed by atoms with E-state index in [1.165, 1.54) is 11.3 Å². The molecule has 1 saturated heterocycles. The summed E-state index contributed by atoms with van der Waals surface area (Å²) in [7, 11) is -3.67. The number of aryl methyl sites for hydroxylation is 2. The summed E-state index contributed by atoms with van der Waals surface area (Å²) in [6.07, 6.45) is 0.984. The molecular weight excluding hydrogens is 274 g/mol. The van der Waals surface area contributed by atoms with E-state index < -0.39 is 22.0 Å². The molecule has 0 aromatic carbocycles. The molecule has 1 atom stereocenters. The Labute approximate surface area is 110 Å². The lowest BCUT2D eigenvalue weighted by atomic mass is 10.2. The van der Waals surface area contributed by atoms with Crippen molar-refractivity contribution in [3.63, 3.8) is 0 Å². The first kappa shape index (κ1) is 13.5. The number of rotatable bonds is 3. The lowest BCUT2D eigenvalue weighted by Gasteiger charge is -2.20. The van der Waals surface area contributed by atoms with Gasteiger partial charge in [-0.3, -0.25) is 4.79 Å². The van der Waals surface area contributed by atoms with E-state index in [-0.39, 0.29) is 10.8 Å². The Morgan fingerprint density at radius 2 is 2.17 bits per heavy atom. The molecule has 0 bridgehead atoms. The van der Waals surface area contributed by atoms with Gasteiger partial charge in [0.1, 0.15) is 10.3 Å². The summed E-state index contributed by atoms with van der Waals surface area (Å²) in [5.41, 5.74) is 0.688. The average Bonchev–Trinajstić information content (AvgIpc) is 2.84. The van der Waals surface area contributed by atoms with Crippen molar-refractivity contribution in [3.8, 4) is 0 Å². The lowest BCUT2D eigenvalue weighted by Crippen LogP contribution is -2.40. The van der Waals surface area contributed by atoms with Gasteiger partial charge in [0.15, 0.2) is 0 Å². The molecule has 0 saturated carbocycles. The minimum Gasteiger partial charge on any atom is -0.480 e. The number of hydrogen-bond donors (Lipinski definition) is 1. The highest BCUT2D eigenvalue weighted by Crippen LogP contribution is 2.32. The maximum atomic E-state index is 12.5. The Hall–Kier alpha value is -0.920. The summed E-state index contributed by atoms with van der Waals surface area (Å²) in [4.78, 5) is 12.0. The first-order valence-electron chi connectivity index (χ1n) is 5.65. The maximum Gasteiger partial charge on any atom is 0.322 e. The predicted molar refractivity (Wildman–Crippen MR) is 68.3 cm³/mol. The minimum atomic E-state index is -3.67. The molecule has 1 fully saturated rings. The standard InChI is InChI=1S/C11H15NO4S2/c1-7-6-8(2)17-11(7)18(15,16)12-5-3-4-9(12)10(13)14/h6,9H,3-5H2,1-2H3,(H,13,14)/t9-/m1/s1. The van der Waals surface area contributed by atoms with Crippen molar-refractivity contribution in [2.24, 2.45) is 0 Å². The number of carboxylic acids is 1. The van der Waals surface area contributed by atoms with Gasteiger partial charge >= 0.3 is 5.97 Å². The molecule has 2 rings (SSSR count). The Bertz CT molecular complexity index is 576. The highest BCUT2D eigenvalue weighted by molar-refractivity contribution is 7.91. The quantitative estimate of drug-likeness (QED) is 0.917.